The zero-order valence-corrected chi connectivity index (χ0v) is 19.1. The summed E-state index contributed by atoms with van der Waals surface area (Å²) in [5, 5.41) is 9.61. The smallest absolute Gasteiger partial charge is 0.262 e. The molecule has 8 heteroatoms. The summed E-state index contributed by atoms with van der Waals surface area (Å²) in [6, 6.07) is 15.2. The molecule has 0 atom stereocenters. The van der Waals surface area contributed by atoms with E-state index in [1.165, 1.54) is 11.8 Å². The summed E-state index contributed by atoms with van der Waals surface area (Å²) in [6.07, 6.45) is 0.905. The molecule has 0 radical (unpaired) electrons. The largest absolute Gasteiger partial charge is 0.420 e. The Balaban J connectivity index is 1.59. The van der Waals surface area contributed by atoms with Gasteiger partial charge in [-0.1, -0.05) is 53.7 Å². The molecular formula is C22H21BrN4O2S. The quantitative estimate of drug-likeness (QED) is 0.253. The van der Waals surface area contributed by atoms with Gasteiger partial charge in [-0.3, -0.25) is 9.36 Å². The van der Waals surface area contributed by atoms with Crippen LogP contribution in [-0.4, -0.2) is 19.7 Å². The van der Waals surface area contributed by atoms with Crippen LogP contribution < -0.4 is 5.56 Å². The fraction of sp³-hybridized carbons (Fsp3) is 0.273. The number of nitrogens with zero attached hydrogens (tertiary/aromatic N) is 4. The topological polar surface area (TPSA) is 73.8 Å². The van der Waals surface area contributed by atoms with Crippen molar-refractivity contribution < 1.29 is 4.42 Å². The number of aromatic nitrogens is 4. The molecule has 4 rings (SSSR count). The number of rotatable bonds is 7. The van der Waals surface area contributed by atoms with Gasteiger partial charge in [0, 0.05) is 16.6 Å². The molecule has 30 heavy (non-hydrogen) atoms. The number of para-hydroxylation sites is 1. The number of fused-ring (bicyclic) bond motifs is 1. The minimum atomic E-state index is -0.00942. The molecule has 2 aromatic heterocycles. The van der Waals surface area contributed by atoms with Crippen molar-refractivity contribution in [1.82, 2.24) is 19.7 Å². The third-order valence-electron chi connectivity index (χ3n) is 4.64. The molecule has 0 aliphatic heterocycles. The van der Waals surface area contributed by atoms with Gasteiger partial charge in [0.05, 0.1) is 16.7 Å². The SMILES string of the molecule is CC(C)CCn1c(SCc2nnc(-c3ccc(Br)cc3)o2)nc2ccccc2c1=O. The van der Waals surface area contributed by atoms with Crippen molar-refractivity contribution in [1.29, 1.82) is 0 Å². The highest BCUT2D eigenvalue weighted by Crippen LogP contribution is 2.25. The number of thioether (sulfide) groups is 1. The molecule has 0 aliphatic rings. The second-order valence-corrected chi connectivity index (χ2v) is 9.21. The molecule has 4 aromatic rings. The van der Waals surface area contributed by atoms with Crippen LogP contribution in [-0.2, 0) is 12.3 Å². The van der Waals surface area contributed by atoms with E-state index in [1.807, 2.05) is 48.5 Å². The Morgan fingerprint density at radius 2 is 1.87 bits per heavy atom. The molecule has 0 aliphatic carbocycles. The summed E-state index contributed by atoms with van der Waals surface area (Å²) in [5.74, 6) is 1.90. The number of halogens is 1. The minimum absolute atomic E-state index is 0.00942. The van der Waals surface area contributed by atoms with E-state index in [-0.39, 0.29) is 5.56 Å². The fourth-order valence-corrected chi connectivity index (χ4v) is 4.12. The van der Waals surface area contributed by atoms with E-state index in [4.69, 9.17) is 9.40 Å². The summed E-state index contributed by atoms with van der Waals surface area (Å²) in [6.45, 7) is 4.92. The van der Waals surface area contributed by atoms with Crippen LogP contribution in [0, 0.1) is 5.92 Å². The van der Waals surface area contributed by atoms with Crippen molar-refractivity contribution in [2.45, 2.75) is 37.7 Å². The number of hydrogen-bond acceptors (Lipinski definition) is 6. The van der Waals surface area contributed by atoms with E-state index < -0.39 is 0 Å². The van der Waals surface area contributed by atoms with Crippen LogP contribution in [0.15, 0.2) is 67.4 Å². The summed E-state index contributed by atoms with van der Waals surface area (Å²) < 4.78 is 8.57. The van der Waals surface area contributed by atoms with Crippen molar-refractivity contribution in [2.75, 3.05) is 0 Å². The maximum absolute atomic E-state index is 13.0. The highest BCUT2D eigenvalue weighted by Gasteiger charge is 2.14. The van der Waals surface area contributed by atoms with Crippen molar-refractivity contribution in [3.63, 3.8) is 0 Å². The van der Waals surface area contributed by atoms with Gasteiger partial charge in [-0.25, -0.2) is 4.98 Å². The van der Waals surface area contributed by atoms with E-state index in [1.54, 1.807) is 4.57 Å². The zero-order valence-electron chi connectivity index (χ0n) is 16.7. The van der Waals surface area contributed by atoms with Crippen LogP contribution in [0.3, 0.4) is 0 Å². The molecule has 0 bridgehead atoms. The van der Waals surface area contributed by atoms with Crippen molar-refractivity contribution >= 4 is 38.6 Å². The monoisotopic (exact) mass is 484 g/mol. The highest BCUT2D eigenvalue weighted by molar-refractivity contribution is 9.10. The van der Waals surface area contributed by atoms with Gasteiger partial charge < -0.3 is 4.42 Å². The van der Waals surface area contributed by atoms with Crippen LogP contribution >= 0.6 is 27.7 Å². The molecule has 2 aromatic carbocycles. The van der Waals surface area contributed by atoms with Crippen molar-refractivity contribution in [3.8, 4) is 11.5 Å². The Kier molecular flexibility index (Phi) is 6.34. The standard InChI is InChI=1S/C22H21BrN4O2S/c1-14(2)11-12-27-21(28)17-5-3-4-6-18(17)24-22(27)30-13-19-25-26-20(29-19)15-7-9-16(23)10-8-15/h3-10,14H,11-13H2,1-2H3. The van der Waals surface area contributed by atoms with Gasteiger partial charge in [0.15, 0.2) is 5.16 Å². The summed E-state index contributed by atoms with van der Waals surface area (Å²) in [4.78, 5) is 17.8. The second-order valence-electron chi connectivity index (χ2n) is 7.35. The van der Waals surface area contributed by atoms with Crippen LogP contribution in [0.2, 0.25) is 0 Å². The average molecular weight is 485 g/mol. The molecular weight excluding hydrogens is 464 g/mol. The van der Waals surface area contributed by atoms with E-state index >= 15 is 0 Å². The third-order valence-corrected chi connectivity index (χ3v) is 6.13. The Hall–Kier alpha value is -2.45. The normalized spacial score (nSPS) is 11.5. The average Bonchev–Trinajstić information content (AvgIpc) is 3.21. The van der Waals surface area contributed by atoms with E-state index in [2.05, 4.69) is 40.0 Å². The van der Waals surface area contributed by atoms with Crippen molar-refractivity contribution in [3.05, 3.63) is 69.2 Å². The molecule has 6 nitrogen and oxygen atoms in total. The molecule has 0 saturated carbocycles. The van der Waals surface area contributed by atoms with E-state index in [9.17, 15) is 4.79 Å². The van der Waals surface area contributed by atoms with Gasteiger partial charge in [0.1, 0.15) is 0 Å². The van der Waals surface area contributed by atoms with Crippen LogP contribution in [0.4, 0.5) is 0 Å². The first-order chi connectivity index (χ1) is 14.5. The first-order valence-electron chi connectivity index (χ1n) is 9.72. The van der Waals surface area contributed by atoms with Crippen LogP contribution in [0.5, 0.6) is 0 Å². The van der Waals surface area contributed by atoms with Crippen LogP contribution in [0.1, 0.15) is 26.2 Å². The molecule has 0 N–H and O–H groups in total. The number of benzene rings is 2. The summed E-state index contributed by atoms with van der Waals surface area (Å²) >= 11 is 4.86. The third kappa shape index (κ3) is 4.65. The molecule has 0 fully saturated rings. The Bertz CT molecular complexity index is 1220. The van der Waals surface area contributed by atoms with Crippen LogP contribution in [0.25, 0.3) is 22.4 Å². The van der Waals surface area contributed by atoms with Gasteiger partial charge in [0.2, 0.25) is 11.8 Å². The molecule has 154 valence electrons. The van der Waals surface area contributed by atoms with Gasteiger partial charge in [-0.05, 0) is 48.7 Å². The van der Waals surface area contributed by atoms with Gasteiger partial charge in [0.25, 0.3) is 5.56 Å². The van der Waals surface area contributed by atoms with E-state index in [0.717, 1.165) is 16.5 Å². The lowest BCUT2D eigenvalue weighted by Crippen LogP contribution is -2.24. The predicted octanol–water partition coefficient (Wildman–Crippen LogP) is 5.55. The molecule has 0 unspecified atom stereocenters. The lowest BCUT2D eigenvalue weighted by molar-refractivity contribution is 0.480. The highest BCUT2D eigenvalue weighted by atomic mass is 79.9. The second kappa shape index (κ2) is 9.14. The first kappa shape index (κ1) is 20.8. The lowest BCUT2D eigenvalue weighted by Gasteiger charge is -2.13. The van der Waals surface area contributed by atoms with Gasteiger partial charge in [-0.2, -0.15) is 0 Å². The Labute approximate surface area is 186 Å². The lowest BCUT2D eigenvalue weighted by atomic mass is 10.1. The molecule has 0 amide bonds. The predicted molar refractivity (Wildman–Crippen MR) is 122 cm³/mol. The number of hydrogen-bond donors (Lipinski definition) is 0. The fourth-order valence-electron chi connectivity index (χ4n) is 2.99. The van der Waals surface area contributed by atoms with E-state index in [0.29, 0.717) is 46.1 Å². The summed E-state index contributed by atoms with van der Waals surface area (Å²) in [5.41, 5.74) is 1.55. The zero-order chi connectivity index (χ0) is 21.1. The maximum Gasteiger partial charge on any atom is 0.262 e. The Morgan fingerprint density at radius 3 is 2.63 bits per heavy atom. The Morgan fingerprint density at radius 1 is 1.10 bits per heavy atom. The molecule has 0 spiro atoms. The maximum atomic E-state index is 13.0. The van der Waals surface area contributed by atoms with Gasteiger partial charge >= 0.3 is 0 Å². The molecule has 0 saturated heterocycles. The van der Waals surface area contributed by atoms with Gasteiger partial charge in [-0.15, -0.1) is 10.2 Å². The van der Waals surface area contributed by atoms with Crippen molar-refractivity contribution in [2.24, 2.45) is 5.92 Å². The molecule has 2 heterocycles. The minimum Gasteiger partial charge on any atom is -0.420 e. The summed E-state index contributed by atoms with van der Waals surface area (Å²) in [7, 11) is 0. The first-order valence-corrected chi connectivity index (χ1v) is 11.5.